The van der Waals surface area contributed by atoms with E-state index in [1.165, 1.54) is 6.07 Å². The van der Waals surface area contributed by atoms with Crippen LogP contribution in [0, 0.1) is 10.1 Å². The number of hydrogen-bond donors (Lipinski definition) is 0. The number of rotatable bonds is 7. The summed E-state index contributed by atoms with van der Waals surface area (Å²) < 4.78 is 3.86. The smallest absolute Gasteiger partial charge is 0.273 e. The van der Waals surface area contributed by atoms with Crippen LogP contribution in [-0.2, 0) is 24.3 Å². The van der Waals surface area contributed by atoms with Crippen LogP contribution in [-0.4, -0.2) is 34.5 Å². The highest BCUT2D eigenvalue weighted by molar-refractivity contribution is 5.80. The van der Waals surface area contributed by atoms with Crippen molar-refractivity contribution >= 4 is 22.9 Å². The van der Waals surface area contributed by atoms with Crippen molar-refractivity contribution in [3.05, 3.63) is 113 Å². The maximum absolute atomic E-state index is 13.5. The molecule has 4 aromatic heterocycles. The van der Waals surface area contributed by atoms with Crippen molar-refractivity contribution in [3.8, 4) is 0 Å². The molecule has 0 bridgehead atoms. The first kappa shape index (κ1) is 20.4. The van der Waals surface area contributed by atoms with Crippen LogP contribution in [0.4, 0.5) is 5.69 Å². The van der Waals surface area contributed by atoms with Crippen molar-refractivity contribution in [1.82, 2.24) is 23.7 Å². The monoisotopic (exact) mass is 440 g/mol. The summed E-state index contributed by atoms with van der Waals surface area (Å²) in [6.07, 6.45) is 7.21. The summed E-state index contributed by atoms with van der Waals surface area (Å²) in [4.78, 5) is 35.0. The molecule has 0 saturated heterocycles. The fraction of sp³-hybridized carbons (Fsp3) is 0.125. The number of hydrogen-bond acceptors (Lipinski definition) is 5. The summed E-state index contributed by atoms with van der Waals surface area (Å²) in [6.45, 7) is 0.593. The third kappa shape index (κ3) is 4.03. The molecule has 0 saturated carbocycles. The predicted molar refractivity (Wildman–Crippen MR) is 121 cm³/mol. The van der Waals surface area contributed by atoms with Gasteiger partial charge in [0.05, 0.1) is 48.2 Å². The van der Waals surface area contributed by atoms with Crippen LogP contribution in [0.2, 0.25) is 0 Å². The molecule has 0 fully saturated rings. The van der Waals surface area contributed by atoms with Crippen LogP contribution in [0.1, 0.15) is 17.0 Å². The van der Waals surface area contributed by atoms with E-state index in [0.717, 1.165) is 22.7 Å². The van der Waals surface area contributed by atoms with Gasteiger partial charge < -0.3 is 13.7 Å². The maximum Gasteiger partial charge on any atom is 0.273 e. The molecule has 1 amide bonds. The first-order chi connectivity index (χ1) is 16.1. The van der Waals surface area contributed by atoms with Gasteiger partial charge in [-0.25, -0.2) is 9.97 Å². The van der Waals surface area contributed by atoms with E-state index in [4.69, 9.17) is 0 Å². The Morgan fingerprint density at radius 3 is 1.97 bits per heavy atom. The molecule has 4 heterocycles. The second-order valence-electron chi connectivity index (χ2n) is 7.67. The molecule has 33 heavy (non-hydrogen) atoms. The highest BCUT2D eigenvalue weighted by atomic mass is 16.6. The number of nitro groups is 1. The van der Waals surface area contributed by atoms with Gasteiger partial charge in [0, 0.05) is 24.0 Å². The van der Waals surface area contributed by atoms with Gasteiger partial charge in [-0.15, -0.1) is 0 Å². The Kier molecular flexibility index (Phi) is 5.27. The van der Waals surface area contributed by atoms with Crippen molar-refractivity contribution in [1.29, 1.82) is 0 Å². The quantitative estimate of drug-likeness (QED) is 0.284. The summed E-state index contributed by atoms with van der Waals surface area (Å²) in [5, 5.41) is 11.4. The maximum atomic E-state index is 13.5. The molecule has 0 unspecified atom stereocenters. The van der Waals surface area contributed by atoms with Gasteiger partial charge >= 0.3 is 0 Å². The zero-order valence-electron chi connectivity index (χ0n) is 17.6. The zero-order chi connectivity index (χ0) is 22.8. The van der Waals surface area contributed by atoms with Crippen molar-refractivity contribution in [2.75, 3.05) is 0 Å². The third-order valence-electron chi connectivity index (χ3n) is 5.58. The highest BCUT2D eigenvalue weighted by Gasteiger charge is 2.22. The molecule has 0 spiro atoms. The molecule has 0 aliphatic carbocycles. The topological polar surface area (TPSA) is 98.0 Å². The summed E-state index contributed by atoms with van der Waals surface area (Å²) in [7, 11) is 0. The molecule has 0 N–H and O–H groups in total. The third-order valence-corrected chi connectivity index (χ3v) is 5.58. The minimum Gasteiger partial charge on any atom is -0.331 e. The van der Waals surface area contributed by atoms with Gasteiger partial charge in [0.2, 0.25) is 5.91 Å². The molecule has 0 aliphatic rings. The first-order valence-corrected chi connectivity index (χ1v) is 10.4. The molecule has 164 valence electrons. The van der Waals surface area contributed by atoms with Crippen LogP contribution < -0.4 is 0 Å². The van der Waals surface area contributed by atoms with Crippen molar-refractivity contribution < 1.29 is 9.72 Å². The van der Waals surface area contributed by atoms with Gasteiger partial charge in [-0.05, 0) is 24.3 Å². The number of amides is 1. The lowest BCUT2D eigenvalue weighted by Gasteiger charge is -2.22. The van der Waals surface area contributed by atoms with Crippen molar-refractivity contribution in [2.24, 2.45) is 0 Å². The number of nitrogens with zero attached hydrogens (tertiary/aromatic N) is 6. The largest absolute Gasteiger partial charge is 0.331 e. The minimum atomic E-state index is -0.456. The van der Waals surface area contributed by atoms with Gasteiger partial charge in [-0.3, -0.25) is 14.9 Å². The highest BCUT2D eigenvalue weighted by Crippen LogP contribution is 2.21. The molecule has 0 radical (unpaired) electrons. The number of nitro benzene ring substituents is 1. The molecular weight excluding hydrogens is 420 g/mol. The Morgan fingerprint density at radius 2 is 1.39 bits per heavy atom. The average molecular weight is 440 g/mol. The molecule has 0 atom stereocenters. The number of imidazole rings is 2. The molecule has 9 nitrogen and oxygen atoms in total. The van der Waals surface area contributed by atoms with Crippen LogP contribution in [0.5, 0.6) is 0 Å². The van der Waals surface area contributed by atoms with E-state index in [0.29, 0.717) is 18.7 Å². The number of benzene rings is 1. The summed E-state index contributed by atoms with van der Waals surface area (Å²) in [5.41, 5.74) is 3.58. The number of carbonyl (C=O) groups excluding carboxylic acids is 1. The lowest BCUT2D eigenvalue weighted by Crippen LogP contribution is -2.32. The Bertz CT molecular complexity index is 1400. The molecule has 1 aromatic carbocycles. The van der Waals surface area contributed by atoms with E-state index in [-0.39, 0.29) is 18.0 Å². The summed E-state index contributed by atoms with van der Waals surface area (Å²) in [5.74, 6) is -0.221. The molecular formula is C24H20N6O3. The SMILES string of the molecule is O=C(Cc1ccccc1[N+](=O)[O-])N(Cc1cnc2ccccn12)Cc1cnc2ccccn12. The van der Waals surface area contributed by atoms with Gasteiger partial charge in [0.25, 0.3) is 5.69 Å². The van der Waals surface area contributed by atoms with Gasteiger partial charge in [-0.2, -0.15) is 0 Å². The van der Waals surface area contributed by atoms with E-state index in [1.807, 2.05) is 57.6 Å². The summed E-state index contributed by atoms with van der Waals surface area (Å²) in [6, 6.07) is 17.8. The Balaban J connectivity index is 1.49. The molecule has 5 aromatic rings. The number of carbonyl (C=O) groups is 1. The predicted octanol–water partition coefficient (Wildman–Crippen LogP) is 3.66. The van der Waals surface area contributed by atoms with Crippen molar-refractivity contribution in [3.63, 3.8) is 0 Å². The molecule has 9 heteroatoms. The normalized spacial score (nSPS) is 11.2. The Morgan fingerprint density at radius 1 is 0.848 bits per heavy atom. The van der Waals surface area contributed by atoms with Crippen LogP contribution >= 0.6 is 0 Å². The van der Waals surface area contributed by atoms with E-state index in [9.17, 15) is 14.9 Å². The van der Waals surface area contributed by atoms with E-state index in [2.05, 4.69) is 9.97 Å². The second-order valence-corrected chi connectivity index (χ2v) is 7.67. The zero-order valence-corrected chi connectivity index (χ0v) is 17.6. The van der Waals surface area contributed by atoms with Gasteiger partial charge in [0.1, 0.15) is 11.3 Å². The van der Waals surface area contributed by atoms with Gasteiger partial charge in [-0.1, -0.05) is 30.3 Å². The number of pyridine rings is 2. The number of fused-ring (bicyclic) bond motifs is 2. The van der Waals surface area contributed by atoms with Crippen molar-refractivity contribution in [2.45, 2.75) is 19.5 Å². The average Bonchev–Trinajstić information content (AvgIpc) is 3.43. The van der Waals surface area contributed by atoms with Crippen LogP contribution in [0.15, 0.2) is 85.5 Å². The molecule has 0 aliphatic heterocycles. The van der Waals surface area contributed by atoms with E-state index >= 15 is 0 Å². The Labute approximate surface area is 188 Å². The van der Waals surface area contributed by atoms with Crippen LogP contribution in [0.3, 0.4) is 0 Å². The van der Waals surface area contributed by atoms with Gasteiger partial charge in [0.15, 0.2) is 0 Å². The lowest BCUT2D eigenvalue weighted by atomic mass is 10.1. The van der Waals surface area contributed by atoms with E-state index < -0.39 is 4.92 Å². The van der Waals surface area contributed by atoms with E-state index in [1.54, 1.807) is 35.5 Å². The minimum absolute atomic E-state index is 0.0598. The summed E-state index contributed by atoms with van der Waals surface area (Å²) >= 11 is 0. The first-order valence-electron chi connectivity index (χ1n) is 10.4. The Hall–Kier alpha value is -4.53. The second kappa shape index (κ2) is 8.54. The van der Waals surface area contributed by atoms with Crippen LogP contribution in [0.25, 0.3) is 11.3 Å². The fourth-order valence-electron chi connectivity index (χ4n) is 3.94. The number of aromatic nitrogens is 4. The molecule has 5 rings (SSSR count). The number of para-hydroxylation sites is 1. The standard InChI is InChI=1S/C24H20N6O3/c31-24(13-18-7-1-2-8-21(18)30(32)33)27(16-19-14-25-22-9-3-5-11-28(19)22)17-20-15-26-23-10-4-6-12-29(20)23/h1-12,14-15H,13,16-17H2. The lowest BCUT2D eigenvalue weighted by molar-refractivity contribution is -0.385. The fourth-order valence-corrected chi connectivity index (χ4v) is 3.94.